The van der Waals surface area contributed by atoms with Crippen molar-refractivity contribution in [2.75, 3.05) is 6.61 Å². The number of fused-ring (bicyclic) bond motifs is 1. The van der Waals surface area contributed by atoms with Crippen LogP contribution >= 0.6 is 0 Å². The van der Waals surface area contributed by atoms with Gasteiger partial charge in [-0.05, 0) is 68.7 Å². The first-order valence-corrected chi connectivity index (χ1v) is 10.9. The Bertz CT molecular complexity index is 1220. The summed E-state index contributed by atoms with van der Waals surface area (Å²) in [6.07, 6.45) is 4.06. The Morgan fingerprint density at radius 3 is 2.66 bits per heavy atom. The molecule has 6 nitrogen and oxygen atoms in total. The molecule has 0 fully saturated rings. The molecule has 2 aromatic heterocycles. The van der Waals surface area contributed by atoms with Crippen LogP contribution in [0.3, 0.4) is 0 Å². The minimum Gasteiger partial charge on any atom is -0.493 e. The van der Waals surface area contributed by atoms with Gasteiger partial charge in [-0.3, -0.25) is 9.78 Å². The van der Waals surface area contributed by atoms with E-state index in [0.717, 1.165) is 35.6 Å². The summed E-state index contributed by atoms with van der Waals surface area (Å²) in [7, 11) is 0. The van der Waals surface area contributed by atoms with E-state index in [2.05, 4.69) is 40.8 Å². The molecule has 0 saturated heterocycles. The number of benzene rings is 2. The lowest BCUT2D eigenvalue weighted by atomic mass is 10.1. The molecule has 164 valence electrons. The van der Waals surface area contributed by atoms with Crippen molar-refractivity contribution in [2.45, 2.75) is 39.8 Å². The third-order valence-electron chi connectivity index (χ3n) is 5.70. The SMILES string of the molecule is Cc1cccc(OCCCn2c(C(C)NC(=O)c3ccncc3)nc3ccccc32)c1C. The number of nitrogens with one attached hydrogen (secondary N) is 1. The summed E-state index contributed by atoms with van der Waals surface area (Å²) >= 11 is 0. The number of pyridine rings is 1. The Hall–Kier alpha value is -3.67. The van der Waals surface area contributed by atoms with Crippen LogP contribution in [-0.2, 0) is 6.54 Å². The van der Waals surface area contributed by atoms with Gasteiger partial charge in [-0.1, -0.05) is 24.3 Å². The molecule has 32 heavy (non-hydrogen) atoms. The zero-order chi connectivity index (χ0) is 22.5. The van der Waals surface area contributed by atoms with Crippen molar-refractivity contribution in [1.82, 2.24) is 19.9 Å². The number of amides is 1. The van der Waals surface area contributed by atoms with Crippen LogP contribution in [0.15, 0.2) is 67.0 Å². The topological polar surface area (TPSA) is 69.0 Å². The van der Waals surface area contributed by atoms with Gasteiger partial charge in [-0.25, -0.2) is 4.98 Å². The maximum absolute atomic E-state index is 12.6. The van der Waals surface area contributed by atoms with E-state index in [-0.39, 0.29) is 11.9 Å². The van der Waals surface area contributed by atoms with Gasteiger partial charge in [-0.2, -0.15) is 0 Å². The Balaban J connectivity index is 1.48. The summed E-state index contributed by atoms with van der Waals surface area (Å²) in [6.45, 7) is 7.49. The number of ether oxygens (including phenoxy) is 1. The smallest absolute Gasteiger partial charge is 0.251 e. The summed E-state index contributed by atoms with van der Waals surface area (Å²) in [5.41, 5.74) is 4.96. The predicted molar refractivity (Wildman–Crippen MR) is 126 cm³/mol. The van der Waals surface area contributed by atoms with Gasteiger partial charge >= 0.3 is 0 Å². The zero-order valence-corrected chi connectivity index (χ0v) is 18.7. The lowest BCUT2D eigenvalue weighted by molar-refractivity contribution is 0.0937. The lowest BCUT2D eigenvalue weighted by Gasteiger charge is -2.17. The molecule has 0 bridgehead atoms. The van der Waals surface area contributed by atoms with Crippen LogP contribution in [0.5, 0.6) is 5.75 Å². The van der Waals surface area contributed by atoms with Crippen LogP contribution in [-0.4, -0.2) is 27.0 Å². The molecule has 0 saturated carbocycles. The fourth-order valence-corrected chi connectivity index (χ4v) is 3.79. The van der Waals surface area contributed by atoms with Crippen LogP contribution in [0.2, 0.25) is 0 Å². The normalized spacial score (nSPS) is 12.0. The average Bonchev–Trinajstić information content (AvgIpc) is 3.18. The minimum atomic E-state index is -0.247. The molecular weight excluding hydrogens is 400 g/mol. The maximum Gasteiger partial charge on any atom is 0.251 e. The monoisotopic (exact) mass is 428 g/mol. The number of para-hydroxylation sites is 2. The van der Waals surface area contributed by atoms with Crippen molar-refractivity contribution >= 4 is 16.9 Å². The third-order valence-corrected chi connectivity index (χ3v) is 5.70. The van der Waals surface area contributed by atoms with Crippen molar-refractivity contribution in [3.8, 4) is 5.75 Å². The Labute approximate surface area is 188 Å². The van der Waals surface area contributed by atoms with Gasteiger partial charge in [-0.15, -0.1) is 0 Å². The number of aromatic nitrogens is 3. The molecule has 1 N–H and O–H groups in total. The van der Waals surface area contributed by atoms with E-state index in [0.29, 0.717) is 12.2 Å². The summed E-state index contributed by atoms with van der Waals surface area (Å²) in [5, 5.41) is 3.06. The minimum absolute atomic E-state index is 0.142. The molecule has 0 aliphatic rings. The van der Waals surface area contributed by atoms with E-state index in [4.69, 9.17) is 9.72 Å². The lowest BCUT2D eigenvalue weighted by Crippen LogP contribution is -2.28. The van der Waals surface area contributed by atoms with Gasteiger partial charge in [0.05, 0.1) is 23.7 Å². The average molecular weight is 429 g/mol. The third kappa shape index (κ3) is 4.64. The highest BCUT2D eigenvalue weighted by Crippen LogP contribution is 2.23. The summed E-state index contributed by atoms with van der Waals surface area (Å²) in [5.74, 6) is 1.62. The molecule has 0 spiro atoms. The molecule has 1 atom stereocenters. The number of carbonyl (C=O) groups excluding carboxylic acids is 1. The van der Waals surface area contributed by atoms with Crippen LogP contribution < -0.4 is 10.1 Å². The fraction of sp³-hybridized carbons (Fsp3) is 0.269. The molecule has 2 aromatic carbocycles. The number of hydrogen-bond donors (Lipinski definition) is 1. The number of hydrogen-bond acceptors (Lipinski definition) is 4. The fourth-order valence-electron chi connectivity index (χ4n) is 3.79. The van der Waals surface area contributed by atoms with Gasteiger partial charge in [0.2, 0.25) is 0 Å². The molecule has 2 heterocycles. The number of rotatable bonds is 8. The summed E-state index contributed by atoms with van der Waals surface area (Å²) < 4.78 is 8.22. The number of aryl methyl sites for hydroxylation is 2. The molecule has 4 rings (SSSR count). The first kappa shape index (κ1) is 21.6. The summed E-state index contributed by atoms with van der Waals surface area (Å²) in [6, 6.07) is 17.3. The highest BCUT2D eigenvalue weighted by molar-refractivity contribution is 5.94. The quantitative estimate of drug-likeness (QED) is 0.401. The van der Waals surface area contributed by atoms with Crippen LogP contribution in [0.1, 0.15) is 46.7 Å². The molecule has 0 aliphatic heterocycles. The summed E-state index contributed by atoms with van der Waals surface area (Å²) in [4.78, 5) is 21.4. The first-order valence-electron chi connectivity index (χ1n) is 10.9. The van der Waals surface area contributed by atoms with Gasteiger partial charge in [0.1, 0.15) is 11.6 Å². The van der Waals surface area contributed by atoms with Crippen molar-refractivity contribution in [2.24, 2.45) is 0 Å². The predicted octanol–water partition coefficient (Wildman–Crippen LogP) is 5.01. The number of carbonyl (C=O) groups is 1. The highest BCUT2D eigenvalue weighted by atomic mass is 16.5. The van der Waals surface area contributed by atoms with Crippen molar-refractivity contribution in [3.05, 3.63) is 89.5 Å². The van der Waals surface area contributed by atoms with E-state index in [1.807, 2.05) is 37.3 Å². The van der Waals surface area contributed by atoms with Crippen LogP contribution in [0.4, 0.5) is 0 Å². The van der Waals surface area contributed by atoms with Crippen LogP contribution in [0, 0.1) is 13.8 Å². The molecule has 1 amide bonds. The van der Waals surface area contributed by atoms with Crippen LogP contribution in [0.25, 0.3) is 11.0 Å². The van der Waals surface area contributed by atoms with Gasteiger partial charge < -0.3 is 14.6 Å². The second-order valence-corrected chi connectivity index (χ2v) is 7.94. The van der Waals surface area contributed by atoms with Gasteiger partial charge in [0.25, 0.3) is 5.91 Å². The largest absolute Gasteiger partial charge is 0.493 e. The molecule has 0 aliphatic carbocycles. The van der Waals surface area contributed by atoms with Gasteiger partial charge in [0, 0.05) is 24.5 Å². The van der Waals surface area contributed by atoms with E-state index in [1.165, 1.54) is 11.1 Å². The standard InChI is InChI=1S/C26H28N4O2/c1-18-8-6-11-24(19(18)2)32-17-7-16-30-23-10-5-4-9-22(23)29-25(30)20(3)28-26(31)21-12-14-27-15-13-21/h4-6,8-15,20H,7,16-17H2,1-3H3,(H,28,31). The van der Waals surface area contributed by atoms with Crippen molar-refractivity contribution in [1.29, 1.82) is 0 Å². The van der Waals surface area contributed by atoms with Crippen molar-refractivity contribution in [3.63, 3.8) is 0 Å². The molecule has 1 unspecified atom stereocenters. The molecule has 6 heteroatoms. The molecular formula is C26H28N4O2. The number of nitrogens with zero attached hydrogens (tertiary/aromatic N) is 3. The first-order chi connectivity index (χ1) is 15.5. The van der Waals surface area contributed by atoms with Gasteiger partial charge in [0.15, 0.2) is 0 Å². The highest BCUT2D eigenvalue weighted by Gasteiger charge is 2.19. The Morgan fingerprint density at radius 1 is 1.06 bits per heavy atom. The number of imidazole rings is 1. The van der Waals surface area contributed by atoms with E-state index >= 15 is 0 Å². The maximum atomic E-state index is 12.6. The van der Waals surface area contributed by atoms with E-state index in [9.17, 15) is 4.79 Å². The Morgan fingerprint density at radius 2 is 1.84 bits per heavy atom. The Kier molecular flexibility index (Phi) is 6.50. The van der Waals surface area contributed by atoms with E-state index < -0.39 is 0 Å². The second kappa shape index (κ2) is 9.64. The van der Waals surface area contributed by atoms with Crippen molar-refractivity contribution < 1.29 is 9.53 Å². The zero-order valence-electron chi connectivity index (χ0n) is 18.7. The molecule has 0 radical (unpaired) electrons. The molecule has 4 aromatic rings. The second-order valence-electron chi connectivity index (χ2n) is 7.94. The van der Waals surface area contributed by atoms with E-state index in [1.54, 1.807) is 24.5 Å².